The number of aromatic nitrogens is 1. The van der Waals surface area contributed by atoms with Gasteiger partial charge in [-0.3, -0.25) is 4.90 Å². The molecule has 1 aliphatic heterocycles. The van der Waals surface area contributed by atoms with Crippen molar-refractivity contribution in [3.63, 3.8) is 0 Å². The van der Waals surface area contributed by atoms with Crippen LogP contribution in [0.2, 0.25) is 0 Å². The van der Waals surface area contributed by atoms with Crippen molar-refractivity contribution in [2.75, 3.05) is 27.2 Å². The third-order valence-corrected chi connectivity index (χ3v) is 3.77. The Hall–Kier alpha value is -1.13. The minimum Gasteiger partial charge on any atom is -0.481 e. The quantitative estimate of drug-likeness (QED) is 0.878. The average molecular weight is 249 g/mol. The molecular formula is C14H23N3O. The highest BCUT2D eigenvalue weighted by molar-refractivity contribution is 5.20. The molecule has 0 saturated carbocycles. The van der Waals surface area contributed by atoms with E-state index in [1.807, 2.05) is 12.3 Å². The van der Waals surface area contributed by atoms with Gasteiger partial charge in [0.15, 0.2) is 0 Å². The van der Waals surface area contributed by atoms with Crippen molar-refractivity contribution >= 4 is 0 Å². The normalized spacial score (nSPS) is 25.1. The van der Waals surface area contributed by atoms with Crippen molar-refractivity contribution in [2.45, 2.75) is 25.9 Å². The van der Waals surface area contributed by atoms with Crippen molar-refractivity contribution in [3.8, 4) is 5.88 Å². The molecule has 0 aromatic carbocycles. The lowest BCUT2D eigenvalue weighted by atomic mass is 9.94. The number of pyridine rings is 1. The third kappa shape index (κ3) is 3.21. The molecule has 2 heterocycles. The van der Waals surface area contributed by atoms with Crippen LogP contribution in [0.5, 0.6) is 5.88 Å². The van der Waals surface area contributed by atoms with E-state index < -0.39 is 0 Å². The van der Waals surface area contributed by atoms with E-state index in [2.05, 4.69) is 35.2 Å². The SMILES string of the molecule is CNC1CCN(Cc2ccnc(OC)c2)CC1C. The lowest BCUT2D eigenvalue weighted by molar-refractivity contribution is 0.145. The average Bonchev–Trinajstić information content (AvgIpc) is 2.39. The minimum absolute atomic E-state index is 0.660. The Labute approximate surface area is 109 Å². The number of nitrogens with one attached hydrogen (secondary N) is 1. The number of piperidine rings is 1. The van der Waals surface area contributed by atoms with Gasteiger partial charge in [0.25, 0.3) is 0 Å². The first kappa shape index (κ1) is 13.3. The number of ether oxygens (including phenoxy) is 1. The molecule has 2 rings (SSSR count). The predicted molar refractivity (Wildman–Crippen MR) is 72.7 cm³/mol. The number of methoxy groups -OCH3 is 1. The van der Waals surface area contributed by atoms with Gasteiger partial charge in [0.1, 0.15) is 0 Å². The molecule has 1 aliphatic rings. The summed E-state index contributed by atoms with van der Waals surface area (Å²) < 4.78 is 5.16. The second-order valence-corrected chi connectivity index (χ2v) is 5.10. The predicted octanol–water partition coefficient (Wildman–Crippen LogP) is 1.52. The summed E-state index contributed by atoms with van der Waals surface area (Å²) in [6.45, 7) is 5.61. The second-order valence-electron chi connectivity index (χ2n) is 5.10. The Kier molecular flexibility index (Phi) is 4.55. The topological polar surface area (TPSA) is 37.4 Å². The van der Waals surface area contributed by atoms with Crippen LogP contribution in [0.3, 0.4) is 0 Å². The van der Waals surface area contributed by atoms with E-state index in [0.717, 1.165) is 19.6 Å². The number of nitrogens with zero attached hydrogens (tertiary/aromatic N) is 2. The summed E-state index contributed by atoms with van der Waals surface area (Å²) >= 11 is 0. The van der Waals surface area contributed by atoms with E-state index in [1.165, 1.54) is 12.0 Å². The molecule has 0 spiro atoms. The van der Waals surface area contributed by atoms with Crippen LogP contribution < -0.4 is 10.1 Å². The molecule has 0 amide bonds. The summed E-state index contributed by atoms with van der Waals surface area (Å²) in [4.78, 5) is 6.65. The fraction of sp³-hybridized carbons (Fsp3) is 0.643. The van der Waals surface area contributed by atoms with Crippen molar-refractivity contribution in [1.82, 2.24) is 15.2 Å². The van der Waals surface area contributed by atoms with Crippen LogP contribution in [0.15, 0.2) is 18.3 Å². The van der Waals surface area contributed by atoms with E-state index in [1.54, 1.807) is 7.11 Å². The highest BCUT2D eigenvalue weighted by Crippen LogP contribution is 2.19. The molecule has 2 atom stereocenters. The van der Waals surface area contributed by atoms with Crippen molar-refractivity contribution in [2.24, 2.45) is 5.92 Å². The Morgan fingerprint density at radius 2 is 2.39 bits per heavy atom. The zero-order chi connectivity index (χ0) is 13.0. The van der Waals surface area contributed by atoms with Crippen molar-refractivity contribution in [3.05, 3.63) is 23.9 Å². The largest absolute Gasteiger partial charge is 0.481 e. The number of hydrogen-bond donors (Lipinski definition) is 1. The second kappa shape index (κ2) is 6.16. The van der Waals surface area contributed by atoms with Gasteiger partial charge in [0.05, 0.1) is 7.11 Å². The highest BCUT2D eigenvalue weighted by Gasteiger charge is 2.24. The molecule has 1 saturated heterocycles. The molecule has 0 radical (unpaired) electrons. The van der Waals surface area contributed by atoms with Crippen LogP contribution in [-0.2, 0) is 6.54 Å². The monoisotopic (exact) mass is 249 g/mol. The first-order chi connectivity index (χ1) is 8.72. The molecule has 0 bridgehead atoms. The Balaban J connectivity index is 1.93. The number of likely N-dealkylation sites (tertiary alicyclic amines) is 1. The van der Waals surface area contributed by atoms with Gasteiger partial charge in [-0.15, -0.1) is 0 Å². The maximum Gasteiger partial charge on any atom is 0.213 e. The van der Waals surface area contributed by atoms with Gasteiger partial charge in [-0.25, -0.2) is 4.98 Å². The third-order valence-electron chi connectivity index (χ3n) is 3.77. The van der Waals surface area contributed by atoms with Crippen LogP contribution in [0, 0.1) is 5.92 Å². The zero-order valence-corrected chi connectivity index (χ0v) is 11.5. The zero-order valence-electron chi connectivity index (χ0n) is 11.5. The van der Waals surface area contributed by atoms with Crippen LogP contribution in [-0.4, -0.2) is 43.2 Å². The van der Waals surface area contributed by atoms with Gasteiger partial charge in [-0.1, -0.05) is 6.92 Å². The minimum atomic E-state index is 0.660. The van der Waals surface area contributed by atoms with Crippen LogP contribution >= 0.6 is 0 Å². The molecule has 4 nitrogen and oxygen atoms in total. The maximum atomic E-state index is 5.16. The van der Waals surface area contributed by atoms with Crippen molar-refractivity contribution < 1.29 is 4.74 Å². The van der Waals surface area contributed by atoms with Crippen LogP contribution in [0.1, 0.15) is 18.9 Å². The summed E-state index contributed by atoms with van der Waals surface area (Å²) in [6, 6.07) is 4.75. The van der Waals surface area contributed by atoms with E-state index in [0.29, 0.717) is 17.8 Å². The lowest BCUT2D eigenvalue weighted by Crippen LogP contribution is -2.46. The summed E-state index contributed by atoms with van der Waals surface area (Å²) in [7, 11) is 3.72. The Morgan fingerprint density at radius 3 is 3.06 bits per heavy atom. The van der Waals surface area contributed by atoms with Gasteiger partial charge in [0.2, 0.25) is 5.88 Å². The molecule has 0 aliphatic carbocycles. The highest BCUT2D eigenvalue weighted by atomic mass is 16.5. The molecule has 100 valence electrons. The van der Waals surface area contributed by atoms with E-state index in [-0.39, 0.29) is 0 Å². The van der Waals surface area contributed by atoms with E-state index in [9.17, 15) is 0 Å². The number of hydrogen-bond acceptors (Lipinski definition) is 4. The van der Waals surface area contributed by atoms with Gasteiger partial charge in [-0.05, 0) is 37.6 Å². The molecular weight excluding hydrogens is 226 g/mol. The van der Waals surface area contributed by atoms with Gasteiger partial charge >= 0.3 is 0 Å². The summed E-state index contributed by atoms with van der Waals surface area (Å²) in [5.41, 5.74) is 1.27. The Bertz CT molecular complexity index is 383. The Morgan fingerprint density at radius 1 is 1.56 bits per heavy atom. The van der Waals surface area contributed by atoms with Gasteiger partial charge in [0, 0.05) is 31.4 Å². The maximum absolute atomic E-state index is 5.16. The molecule has 1 aromatic heterocycles. The van der Waals surface area contributed by atoms with E-state index in [4.69, 9.17) is 4.74 Å². The van der Waals surface area contributed by atoms with Crippen molar-refractivity contribution in [1.29, 1.82) is 0 Å². The molecule has 1 N–H and O–H groups in total. The smallest absolute Gasteiger partial charge is 0.213 e. The lowest BCUT2D eigenvalue weighted by Gasteiger charge is -2.36. The fourth-order valence-electron chi connectivity index (χ4n) is 2.72. The standard InChI is InChI=1S/C14H23N3O/c1-11-9-17(7-5-13(11)15-2)10-12-4-6-16-14(8-12)18-3/h4,6,8,11,13,15H,5,7,9-10H2,1-3H3. The summed E-state index contributed by atoms with van der Waals surface area (Å²) in [5, 5.41) is 3.40. The van der Waals surface area contributed by atoms with Gasteiger partial charge in [-0.2, -0.15) is 0 Å². The molecule has 2 unspecified atom stereocenters. The molecule has 1 fully saturated rings. The van der Waals surface area contributed by atoms with Crippen LogP contribution in [0.4, 0.5) is 0 Å². The molecule has 1 aromatic rings. The summed E-state index contributed by atoms with van der Waals surface area (Å²) in [6.07, 6.45) is 3.04. The first-order valence-corrected chi connectivity index (χ1v) is 6.61. The molecule has 4 heteroatoms. The first-order valence-electron chi connectivity index (χ1n) is 6.61. The summed E-state index contributed by atoms with van der Waals surface area (Å²) in [5.74, 6) is 1.40. The van der Waals surface area contributed by atoms with E-state index >= 15 is 0 Å². The molecule has 18 heavy (non-hydrogen) atoms. The van der Waals surface area contributed by atoms with Crippen LogP contribution in [0.25, 0.3) is 0 Å². The fourth-order valence-corrected chi connectivity index (χ4v) is 2.72. The number of rotatable bonds is 4. The van der Waals surface area contributed by atoms with Gasteiger partial charge < -0.3 is 10.1 Å².